The van der Waals surface area contributed by atoms with Crippen LogP contribution in [-0.2, 0) is 0 Å². The first-order valence-corrected chi connectivity index (χ1v) is 7.76. The van der Waals surface area contributed by atoms with Gasteiger partial charge in [-0.25, -0.2) is 4.68 Å². The Hall–Kier alpha value is -3.40. The molecule has 0 aliphatic rings. The molecule has 0 aliphatic carbocycles. The Kier molecular flexibility index (Phi) is 3.56. The van der Waals surface area contributed by atoms with Crippen molar-refractivity contribution < 1.29 is 0 Å². The Bertz CT molecular complexity index is 1000. The van der Waals surface area contributed by atoms with Gasteiger partial charge in [0, 0.05) is 5.56 Å². The van der Waals surface area contributed by atoms with Crippen LogP contribution in [0.4, 0.5) is 0 Å². The summed E-state index contributed by atoms with van der Waals surface area (Å²) in [6.07, 6.45) is 0. The molecule has 4 heteroatoms. The smallest absolute Gasteiger partial charge is 0.113 e. The fourth-order valence-corrected chi connectivity index (χ4v) is 2.78. The normalized spacial score (nSPS) is 12.2. The monoisotopic (exact) mass is 312 g/mol. The molecule has 0 saturated carbocycles. The highest BCUT2D eigenvalue weighted by molar-refractivity contribution is 5.92. The van der Waals surface area contributed by atoms with Gasteiger partial charge in [0.25, 0.3) is 0 Å². The molecule has 116 valence electrons. The number of benzene rings is 3. The van der Waals surface area contributed by atoms with Crippen LogP contribution in [0.5, 0.6) is 0 Å². The molecule has 4 nitrogen and oxygen atoms in total. The van der Waals surface area contributed by atoms with Crippen LogP contribution < -0.4 is 5.73 Å². The molecule has 0 aliphatic heterocycles. The van der Waals surface area contributed by atoms with Crippen LogP contribution in [0.15, 0.2) is 84.9 Å². The Morgan fingerprint density at radius 2 is 1.29 bits per heavy atom. The molecule has 4 aromatic rings. The average Bonchev–Trinajstić information content (AvgIpc) is 3.07. The molecule has 0 radical (unpaired) electrons. The average molecular weight is 312 g/mol. The SMILES string of the molecule is N/C(=C(/c1ccccc1)n1nnc2ccccc21)c1ccccc1. The zero-order valence-corrected chi connectivity index (χ0v) is 13.0. The van der Waals surface area contributed by atoms with Crippen molar-refractivity contribution in [1.82, 2.24) is 15.0 Å². The lowest BCUT2D eigenvalue weighted by atomic mass is 10.1. The number of nitrogens with two attached hydrogens (primary N) is 1. The summed E-state index contributed by atoms with van der Waals surface area (Å²) >= 11 is 0. The van der Waals surface area contributed by atoms with Crippen molar-refractivity contribution in [2.24, 2.45) is 5.73 Å². The van der Waals surface area contributed by atoms with Crippen LogP contribution in [-0.4, -0.2) is 15.0 Å². The summed E-state index contributed by atoms with van der Waals surface area (Å²) < 4.78 is 1.81. The lowest BCUT2D eigenvalue weighted by Gasteiger charge is -2.13. The van der Waals surface area contributed by atoms with Gasteiger partial charge in [0.2, 0.25) is 0 Å². The van der Waals surface area contributed by atoms with E-state index < -0.39 is 0 Å². The van der Waals surface area contributed by atoms with Crippen molar-refractivity contribution in [3.63, 3.8) is 0 Å². The van der Waals surface area contributed by atoms with E-state index in [0.29, 0.717) is 5.70 Å². The van der Waals surface area contributed by atoms with Crippen LogP contribution in [0.1, 0.15) is 11.1 Å². The van der Waals surface area contributed by atoms with Gasteiger partial charge >= 0.3 is 0 Å². The van der Waals surface area contributed by atoms with E-state index in [9.17, 15) is 0 Å². The van der Waals surface area contributed by atoms with Crippen LogP contribution in [0, 0.1) is 0 Å². The molecule has 4 rings (SSSR count). The van der Waals surface area contributed by atoms with E-state index in [1.807, 2.05) is 89.6 Å². The standard InChI is InChI=1S/C20H16N4/c21-19(15-9-3-1-4-10-15)20(16-11-5-2-6-12-16)24-18-14-8-7-13-17(18)22-23-24/h1-14H,21H2/b20-19-. The van der Waals surface area contributed by atoms with Gasteiger partial charge in [-0.2, -0.15) is 0 Å². The first-order chi connectivity index (χ1) is 11.8. The van der Waals surface area contributed by atoms with Crippen molar-refractivity contribution in [2.45, 2.75) is 0 Å². The van der Waals surface area contributed by atoms with Crippen molar-refractivity contribution in [3.05, 3.63) is 96.1 Å². The molecule has 0 atom stereocenters. The van der Waals surface area contributed by atoms with E-state index in [0.717, 1.165) is 27.9 Å². The Morgan fingerprint density at radius 3 is 2.00 bits per heavy atom. The molecule has 0 unspecified atom stereocenters. The maximum Gasteiger partial charge on any atom is 0.113 e. The highest BCUT2D eigenvalue weighted by atomic mass is 15.4. The minimum atomic E-state index is 0.664. The lowest BCUT2D eigenvalue weighted by molar-refractivity contribution is 0.841. The molecule has 1 aromatic heterocycles. The number of nitrogens with zero attached hydrogens (tertiary/aromatic N) is 3. The van der Waals surface area contributed by atoms with Crippen LogP contribution in [0.2, 0.25) is 0 Å². The summed E-state index contributed by atoms with van der Waals surface area (Å²) in [5, 5.41) is 8.61. The van der Waals surface area contributed by atoms with Crippen molar-refractivity contribution in [3.8, 4) is 0 Å². The molecule has 1 heterocycles. The molecular formula is C20H16N4. The van der Waals surface area contributed by atoms with E-state index in [1.165, 1.54) is 0 Å². The van der Waals surface area contributed by atoms with Crippen molar-refractivity contribution in [1.29, 1.82) is 0 Å². The second-order valence-corrected chi connectivity index (χ2v) is 5.48. The van der Waals surface area contributed by atoms with Crippen molar-refractivity contribution >= 4 is 22.4 Å². The number of rotatable bonds is 3. The summed E-state index contributed by atoms with van der Waals surface area (Å²) in [5.41, 5.74) is 11.8. The minimum absolute atomic E-state index is 0.664. The third kappa shape index (κ3) is 2.44. The molecular weight excluding hydrogens is 296 g/mol. The molecule has 0 amide bonds. The van der Waals surface area contributed by atoms with Crippen LogP contribution >= 0.6 is 0 Å². The van der Waals surface area contributed by atoms with Gasteiger partial charge < -0.3 is 5.73 Å². The number of hydrogen-bond acceptors (Lipinski definition) is 3. The fraction of sp³-hybridized carbons (Fsp3) is 0. The van der Waals surface area contributed by atoms with E-state index >= 15 is 0 Å². The number of para-hydroxylation sites is 1. The lowest BCUT2D eigenvalue weighted by Crippen LogP contribution is -2.09. The Labute approximate surface area is 139 Å². The fourth-order valence-electron chi connectivity index (χ4n) is 2.78. The highest BCUT2D eigenvalue weighted by Gasteiger charge is 2.15. The maximum absolute atomic E-state index is 6.54. The molecule has 0 spiro atoms. The summed E-state index contributed by atoms with van der Waals surface area (Å²) in [6, 6.07) is 27.8. The van der Waals surface area contributed by atoms with Crippen molar-refractivity contribution in [2.75, 3.05) is 0 Å². The van der Waals surface area contributed by atoms with E-state index in [-0.39, 0.29) is 0 Å². The van der Waals surface area contributed by atoms with Gasteiger partial charge in [0.15, 0.2) is 0 Å². The summed E-state index contributed by atoms with van der Waals surface area (Å²) in [6.45, 7) is 0. The predicted octanol–water partition coefficient (Wildman–Crippen LogP) is 3.76. The highest BCUT2D eigenvalue weighted by Crippen LogP contribution is 2.26. The van der Waals surface area contributed by atoms with Gasteiger partial charge in [-0.05, 0) is 17.7 Å². The predicted molar refractivity (Wildman–Crippen MR) is 96.8 cm³/mol. The zero-order valence-electron chi connectivity index (χ0n) is 13.0. The Balaban J connectivity index is 2.02. The quantitative estimate of drug-likeness (QED) is 0.586. The molecule has 0 fully saturated rings. The number of aromatic nitrogens is 3. The molecule has 3 aromatic carbocycles. The third-order valence-corrected chi connectivity index (χ3v) is 3.95. The molecule has 2 N–H and O–H groups in total. The van der Waals surface area contributed by atoms with E-state index in [2.05, 4.69) is 10.3 Å². The summed E-state index contributed by atoms with van der Waals surface area (Å²) in [5.74, 6) is 0. The first kappa shape index (κ1) is 14.2. The molecule has 0 bridgehead atoms. The second kappa shape index (κ2) is 6.01. The first-order valence-electron chi connectivity index (χ1n) is 7.76. The Morgan fingerprint density at radius 1 is 0.708 bits per heavy atom. The molecule has 24 heavy (non-hydrogen) atoms. The largest absolute Gasteiger partial charge is 0.396 e. The van der Waals surface area contributed by atoms with Gasteiger partial charge in [-0.15, -0.1) is 5.10 Å². The topological polar surface area (TPSA) is 56.7 Å². The van der Waals surface area contributed by atoms with Gasteiger partial charge in [0.05, 0.1) is 16.9 Å². The van der Waals surface area contributed by atoms with Gasteiger partial charge in [-0.3, -0.25) is 0 Å². The second-order valence-electron chi connectivity index (χ2n) is 5.48. The van der Waals surface area contributed by atoms with Crippen LogP contribution in [0.25, 0.3) is 22.4 Å². The van der Waals surface area contributed by atoms with Gasteiger partial charge in [0.1, 0.15) is 5.52 Å². The zero-order chi connectivity index (χ0) is 16.4. The third-order valence-electron chi connectivity index (χ3n) is 3.95. The van der Waals surface area contributed by atoms with E-state index in [1.54, 1.807) is 0 Å². The number of hydrogen-bond donors (Lipinski definition) is 1. The number of fused-ring (bicyclic) bond motifs is 1. The minimum Gasteiger partial charge on any atom is -0.396 e. The van der Waals surface area contributed by atoms with E-state index in [4.69, 9.17) is 5.73 Å². The molecule has 0 saturated heterocycles. The maximum atomic E-state index is 6.54. The summed E-state index contributed by atoms with van der Waals surface area (Å²) in [7, 11) is 0. The van der Waals surface area contributed by atoms with Gasteiger partial charge in [-0.1, -0.05) is 78.0 Å². The van der Waals surface area contributed by atoms with Crippen LogP contribution in [0.3, 0.4) is 0 Å². The summed E-state index contributed by atoms with van der Waals surface area (Å²) in [4.78, 5) is 0.